The van der Waals surface area contributed by atoms with E-state index in [9.17, 15) is 27.6 Å². The van der Waals surface area contributed by atoms with Crippen molar-refractivity contribution in [1.82, 2.24) is 9.88 Å². The zero-order valence-electron chi connectivity index (χ0n) is 15.1. The molecule has 1 atom stereocenters. The highest BCUT2D eigenvalue weighted by molar-refractivity contribution is 6.39. The van der Waals surface area contributed by atoms with Gasteiger partial charge in [-0.15, -0.1) is 0 Å². The Morgan fingerprint density at radius 1 is 1.07 bits per heavy atom. The number of nitrogens with zero attached hydrogens (tertiary/aromatic N) is 2. The first-order valence-corrected chi connectivity index (χ1v) is 8.79. The van der Waals surface area contributed by atoms with E-state index in [1.165, 1.54) is 23.4 Å². The molecule has 1 aromatic heterocycles. The number of pyridine rings is 1. The van der Waals surface area contributed by atoms with Crippen LogP contribution in [0.2, 0.25) is 0 Å². The minimum atomic E-state index is -1.60. The summed E-state index contributed by atoms with van der Waals surface area (Å²) in [6.45, 7) is 0.192. The molecular weight excluding hydrogens is 389 g/mol. The largest absolute Gasteiger partial charge is 0.366 e. The van der Waals surface area contributed by atoms with Gasteiger partial charge in [0.25, 0.3) is 0 Å². The number of nitrogens with one attached hydrogen (secondary N) is 1. The van der Waals surface area contributed by atoms with Crippen molar-refractivity contribution in [2.24, 2.45) is 5.73 Å². The normalized spacial score (nSPS) is 16.4. The summed E-state index contributed by atoms with van der Waals surface area (Å²) in [6, 6.07) is 2.14. The average molecular weight is 406 g/mol. The molecule has 0 unspecified atom stereocenters. The van der Waals surface area contributed by atoms with Gasteiger partial charge in [-0.25, -0.2) is 13.2 Å². The first-order chi connectivity index (χ1) is 13.8. The third-order valence-electron chi connectivity index (χ3n) is 4.63. The predicted molar refractivity (Wildman–Crippen MR) is 96.0 cm³/mol. The van der Waals surface area contributed by atoms with Gasteiger partial charge < -0.3 is 16.0 Å². The van der Waals surface area contributed by atoms with Crippen LogP contribution >= 0.6 is 0 Å². The third kappa shape index (κ3) is 4.36. The summed E-state index contributed by atoms with van der Waals surface area (Å²) in [7, 11) is 0. The first-order valence-electron chi connectivity index (χ1n) is 8.79. The molecule has 0 radical (unpaired) electrons. The number of hydrogen-bond donors (Lipinski definition) is 2. The summed E-state index contributed by atoms with van der Waals surface area (Å²) in [6.07, 6.45) is 4.07. The zero-order chi connectivity index (χ0) is 21.1. The highest BCUT2D eigenvalue weighted by Crippen LogP contribution is 2.32. The summed E-state index contributed by atoms with van der Waals surface area (Å²) in [5.74, 6) is -7.01. The molecule has 1 saturated heterocycles. The Kier molecular flexibility index (Phi) is 5.81. The number of rotatable bonds is 3. The maximum absolute atomic E-state index is 13.6. The number of halogens is 3. The maximum atomic E-state index is 13.6. The van der Waals surface area contributed by atoms with Crippen molar-refractivity contribution in [3.63, 3.8) is 0 Å². The van der Waals surface area contributed by atoms with E-state index in [-0.39, 0.29) is 23.4 Å². The van der Waals surface area contributed by atoms with Crippen LogP contribution in [0.1, 0.15) is 41.2 Å². The lowest BCUT2D eigenvalue weighted by Gasteiger charge is -2.35. The fourth-order valence-electron chi connectivity index (χ4n) is 3.25. The molecule has 2 aromatic rings. The first kappa shape index (κ1) is 20.3. The number of carbonyl (C=O) groups excluding carboxylic acids is 3. The van der Waals surface area contributed by atoms with Crippen molar-refractivity contribution in [2.75, 3.05) is 11.9 Å². The highest BCUT2D eigenvalue weighted by Gasteiger charge is 2.33. The van der Waals surface area contributed by atoms with Crippen molar-refractivity contribution in [3.05, 3.63) is 59.2 Å². The van der Waals surface area contributed by atoms with Gasteiger partial charge in [-0.3, -0.25) is 19.4 Å². The van der Waals surface area contributed by atoms with E-state index >= 15 is 0 Å². The molecule has 0 saturated carbocycles. The summed E-state index contributed by atoms with van der Waals surface area (Å²) in [5, 5.41) is 2.33. The summed E-state index contributed by atoms with van der Waals surface area (Å²) in [5.41, 5.74) is 5.36. The van der Waals surface area contributed by atoms with E-state index < -0.39 is 41.2 Å². The Morgan fingerprint density at radius 3 is 2.41 bits per heavy atom. The fraction of sp³-hybridized carbons (Fsp3) is 0.263. The van der Waals surface area contributed by atoms with Gasteiger partial charge in [0, 0.05) is 12.7 Å². The van der Waals surface area contributed by atoms with Gasteiger partial charge in [0.05, 0.1) is 23.5 Å². The van der Waals surface area contributed by atoms with Crippen molar-refractivity contribution >= 4 is 23.4 Å². The van der Waals surface area contributed by atoms with E-state index in [2.05, 4.69) is 10.3 Å². The number of aromatic nitrogens is 1. The number of carbonyl (C=O) groups is 3. The standard InChI is InChI=1S/C19H17F3N4O3/c20-13-6-10(7-14(21)16(13)22)15-3-1-2-4-26(15)19(29)18(28)25-12-5-11(17(23)27)8-24-9-12/h5-9,15H,1-4H2,(H2,23,27)(H,25,28)/t15-/m0/s1. The molecule has 10 heteroatoms. The van der Waals surface area contributed by atoms with Gasteiger partial charge >= 0.3 is 11.8 Å². The van der Waals surface area contributed by atoms with Crippen LogP contribution < -0.4 is 11.1 Å². The lowest BCUT2D eigenvalue weighted by Crippen LogP contribution is -2.44. The molecule has 3 N–H and O–H groups in total. The second-order valence-electron chi connectivity index (χ2n) is 6.59. The second kappa shape index (κ2) is 8.29. The summed E-state index contributed by atoms with van der Waals surface area (Å²) in [4.78, 5) is 41.2. The van der Waals surface area contributed by atoms with Gasteiger partial charge in [0.1, 0.15) is 0 Å². The van der Waals surface area contributed by atoms with Gasteiger partial charge in [0.15, 0.2) is 17.5 Å². The van der Waals surface area contributed by atoms with Gasteiger partial charge in [-0.05, 0) is 43.0 Å². The van der Waals surface area contributed by atoms with Crippen LogP contribution in [-0.4, -0.2) is 34.2 Å². The third-order valence-corrected chi connectivity index (χ3v) is 4.63. The SMILES string of the molecule is NC(=O)c1cncc(NC(=O)C(=O)N2CCCC[C@H]2c2cc(F)c(F)c(F)c2)c1. The lowest BCUT2D eigenvalue weighted by molar-refractivity contribution is -0.145. The van der Waals surface area contributed by atoms with Crippen LogP contribution in [0, 0.1) is 17.5 Å². The molecule has 2 heterocycles. The minimum Gasteiger partial charge on any atom is -0.366 e. The Bertz CT molecular complexity index is 960. The van der Waals surface area contributed by atoms with Crippen LogP contribution in [0.25, 0.3) is 0 Å². The predicted octanol–water partition coefficient (Wildman–Crippen LogP) is 2.29. The van der Waals surface area contributed by atoms with Crippen molar-refractivity contribution in [1.29, 1.82) is 0 Å². The van der Waals surface area contributed by atoms with Crippen LogP contribution in [0.3, 0.4) is 0 Å². The molecule has 0 bridgehead atoms. The molecule has 3 rings (SSSR count). The molecule has 3 amide bonds. The van der Waals surface area contributed by atoms with Gasteiger partial charge in [-0.2, -0.15) is 0 Å². The molecule has 1 fully saturated rings. The Labute approximate surface area is 163 Å². The molecule has 0 spiro atoms. The summed E-state index contributed by atoms with van der Waals surface area (Å²) >= 11 is 0. The Hall–Kier alpha value is -3.43. The quantitative estimate of drug-likeness (QED) is 0.603. The van der Waals surface area contributed by atoms with E-state index in [1.807, 2.05) is 0 Å². The van der Waals surface area contributed by atoms with Gasteiger partial charge in [-0.1, -0.05) is 0 Å². The number of hydrogen-bond acceptors (Lipinski definition) is 4. The van der Waals surface area contributed by atoms with E-state index in [4.69, 9.17) is 5.73 Å². The Morgan fingerprint density at radius 2 is 1.76 bits per heavy atom. The molecular formula is C19H17F3N4O3. The van der Waals surface area contributed by atoms with Gasteiger partial charge in [0.2, 0.25) is 5.91 Å². The van der Waals surface area contributed by atoms with Crippen LogP contribution in [0.4, 0.5) is 18.9 Å². The van der Waals surface area contributed by atoms with Crippen molar-refractivity contribution in [3.8, 4) is 0 Å². The smallest absolute Gasteiger partial charge is 0.313 e. The minimum absolute atomic E-state index is 0.0448. The summed E-state index contributed by atoms with van der Waals surface area (Å²) < 4.78 is 40.5. The average Bonchev–Trinajstić information content (AvgIpc) is 2.71. The van der Waals surface area contributed by atoms with Crippen LogP contribution in [0.15, 0.2) is 30.6 Å². The second-order valence-corrected chi connectivity index (χ2v) is 6.59. The number of piperidine rings is 1. The number of primary amides is 1. The van der Waals surface area contributed by atoms with Crippen LogP contribution in [0.5, 0.6) is 0 Å². The lowest BCUT2D eigenvalue weighted by atomic mass is 9.94. The van der Waals surface area contributed by atoms with E-state index in [0.717, 1.165) is 12.1 Å². The maximum Gasteiger partial charge on any atom is 0.313 e. The molecule has 152 valence electrons. The molecule has 7 nitrogen and oxygen atoms in total. The fourth-order valence-corrected chi connectivity index (χ4v) is 3.25. The molecule has 29 heavy (non-hydrogen) atoms. The van der Waals surface area contributed by atoms with E-state index in [0.29, 0.717) is 19.3 Å². The monoisotopic (exact) mass is 406 g/mol. The highest BCUT2D eigenvalue weighted by atomic mass is 19.2. The molecule has 1 aliphatic rings. The number of anilines is 1. The molecule has 1 aliphatic heterocycles. The Balaban J connectivity index is 1.81. The zero-order valence-corrected chi connectivity index (χ0v) is 15.1. The molecule has 0 aliphatic carbocycles. The molecule has 1 aromatic carbocycles. The number of amides is 3. The topological polar surface area (TPSA) is 105 Å². The van der Waals surface area contributed by atoms with E-state index in [1.54, 1.807) is 0 Å². The number of likely N-dealkylation sites (tertiary alicyclic amines) is 1. The number of nitrogens with two attached hydrogens (primary N) is 1. The van der Waals surface area contributed by atoms with Crippen molar-refractivity contribution < 1.29 is 27.6 Å². The number of benzene rings is 1. The van der Waals surface area contributed by atoms with Crippen LogP contribution in [-0.2, 0) is 9.59 Å². The van der Waals surface area contributed by atoms with Crippen molar-refractivity contribution in [2.45, 2.75) is 25.3 Å².